The molecular formula is C17H15Cl2NO4. The van der Waals surface area contributed by atoms with Crippen LogP contribution in [0.5, 0.6) is 11.5 Å². The Morgan fingerprint density at radius 2 is 1.92 bits per heavy atom. The van der Waals surface area contributed by atoms with E-state index >= 15 is 0 Å². The van der Waals surface area contributed by atoms with Crippen molar-refractivity contribution in [3.63, 3.8) is 0 Å². The van der Waals surface area contributed by atoms with Crippen molar-refractivity contribution in [2.75, 3.05) is 6.61 Å². The summed E-state index contributed by atoms with van der Waals surface area (Å²) in [5.41, 5.74) is 1.44. The fourth-order valence-corrected chi connectivity index (χ4v) is 2.42. The highest BCUT2D eigenvalue weighted by Crippen LogP contribution is 2.31. The van der Waals surface area contributed by atoms with Crippen molar-refractivity contribution in [1.29, 1.82) is 0 Å². The fraction of sp³-hybridized carbons (Fsp3) is 0.176. The molecule has 0 unspecified atom stereocenters. The summed E-state index contributed by atoms with van der Waals surface area (Å²) in [5, 5.41) is 11.5. The topological polar surface area (TPSA) is 61.6 Å². The van der Waals surface area contributed by atoms with Crippen LogP contribution in [0.4, 0.5) is 0 Å². The Balaban J connectivity index is 2.17. The quantitative estimate of drug-likeness (QED) is 0.497. The molecule has 0 atom stereocenters. The van der Waals surface area contributed by atoms with Gasteiger partial charge in [-0.2, -0.15) is 0 Å². The molecule has 0 bridgehead atoms. The van der Waals surface area contributed by atoms with E-state index in [4.69, 9.17) is 32.7 Å². The average Bonchev–Trinajstić information content (AvgIpc) is 2.53. The molecule has 2 aromatic rings. The number of nitro groups is 1. The highest BCUT2D eigenvalue weighted by atomic mass is 35.5. The largest absolute Gasteiger partial charge is 0.490 e. The lowest BCUT2D eigenvalue weighted by Crippen LogP contribution is -2.00. The number of benzene rings is 2. The third-order valence-corrected chi connectivity index (χ3v) is 3.64. The molecule has 24 heavy (non-hydrogen) atoms. The molecular weight excluding hydrogens is 353 g/mol. The zero-order chi connectivity index (χ0) is 17.5. The van der Waals surface area contributed by atoms with E-state index in [-0.39, 0.29) is 6.61 Å². The van der Waals surface area contributed by atoms with Gasteiger partial charge in [-0.25, -0.2) is 0 Å². The van der Waals surface area contributed by atoms with Crippen LogP contribution < -0.4 is 9.47 Å². The van der Waals surface area contributed by atoms with E-state index in [1.807, 2.05) is 6.92 Å². The van der Waals surface area contributed by atoms with Gasteiger partial charge in [0.05, 0.1) is 11.5 Å². The molecule has 0 aliphatic heterocycles. The molecule has 0 aliphatic carbocycles. The van der Waals surface area contributed by atoms with E-state index in [1.165, 1.54) is 6.08 Å². The Kier molecular flexibility index (Phi) is 6.46. The van der Waals surface area contributed by atoms with E-state index in [0.29, 0.717) is 33.7 Å². The smallest absolute Gasteiger partial charge is 0.235 e. The standard InChI is InChI=1S/C17H15Cl2NO4/c1-2-23-17-9-12(7-8-20(21)22)3-6-16(17)24-11-13-4-5-14(18)10-15(13)19/h3-10H,2,11H2,1H3/b8-7+. The fourth-order valence-electron chi connectivity index (χ4n) is 1.96. The molecule has 0 fully saturated rings. The molecule has 0 N–H and O–H groups in total. The third kappa shape index (κ3) is 5.15. The van der Waals surface area contributed by atoms with Gasteiger partial charge in [-0.1, -0.05) is 35.3 Å². The number of hydrogen-bond donors (Lipinski definition) is 0. The van der Waals surface area contributed by atoms with Gasteiger partial charge >= 0.3 is 0 Å². The molecule has 0 heterocycles. The second-order valence-electron chi connectivity index (χ2n) is 4.76. The van der Waals surface area contributed by atoms with Crippen molar-refractivity contribution in [3.05, 3.63) is 73.9 Å². The molecule has 0 saturated heterocycles. The summed E-state index contributed by atoms with van der Waals surface area (Å²) >= 11 is 12.0. The van der Waals surface area contributed by atoms with Crippen LogP contribution in [0.3, 0.4) is 0 Å². The van der Waals surface area contributed by atoms with E-state index in [0.717, 1.165) is 11.8 Å². The predicted octanol–water partition coefficient (Wildman–Crippen LogP) is 5.22. The van der Waals surface area contributed by atoms with Crippen molar-refractivity contribution in [2.24, 2.45) is 0 Å². The number of hydrogen-bond acceptors (Lipinski definition) is 4. The van der Waals surface area contributed by atoms with Gasteiger partial charge in [0, 0.05) is 21.7 Å². The van der Waals surface area contributed by atoms with Gasteiger partial charge in [0.1, 0.15) is 6.61 Å². The van der Waals surface area contributed by atoms with Gasteiger partial charge in [0.15, 0.2) is 11.5 Å². The Morgan fingerprint density at radius 1 is 1.12 bits per heavy atom. The molecule has 0 aliphatic rings. The minimum atomic E-state index is -0.521. The zero-order valence-corrected chi connectivity index (χ0v) is 14.4. The zero-order valence-electron chi connectivity index (χ0n) is 12.9. The SMILES string of the molecule is CCOc1cc(/C=C/[N+](=O)[O-])ccc1OCc1ccc(Cl)cc1Cl. The van der Waals surface area contributed by atoms with Gasteiger partial charge in [-0.15, -0.1) is 0 Å². The Bertz CT molecular complexity index is 762. The highest BCUT2D eigenvalue weighted by Gasteiger charge is 2.08. The van der Waals surface area contributed by atoms with Crippen LogP contribution in [0.15, 0.2) is 42.6 Å². The normalized spacial score (nSPS) is 10.8. The van der Waals surface area contributed by atoms with Gasteiger partial charge in [0.2, 0.25) is 6.20 Å². The van der Waals surface area contributed by atoms with Crippen molar-refractivity contribution in [3.8, 4) is 11.5 Å². The van der Waals surface area contributed by atoms with Gasteiger partial charge < -0.3 is 9.47 Å². The van der Waals surface area contributed by atoms with Crippen molar-refractivity contribution in [1.82, 2.24) is 0 Å². The van der Waals surface area contributed by atoms with E-state index in [9.17, 15) is 10.1 Å². The van der Waals surface area contributed by atoms with Gasteiger partial charge in [0.25, 0.3) is 0 Å². The maximum absolute atomic E-state index is 10.4. The summed E-state index contributed by atoms with van der Waals surface area (Å²) in [6, 6.07) is 10.3. The minimum Gasteiger partial charge on any atom is -0.490 e. The van der Waals surface area contributed by atoms with Crippen LogP contribution >= 0.6 is 23.2 Å². The second-order valence-corrected chi connectivity index (χ2v) is 5.61. The first kappa shape index (κ1) is 18.1. The molecule has 0 spiro atoms. The highest BCUT2D eigenvalue weighted by molar-refractivity contribution is 6.35. The molecule has 7 heteroatoms. The van der Waals surface area contributed by atoms with Crippen molar-refractivity contribution >= 4 is 29.3 Å². The molecule has 2 aromatic carbocycles. The first-order valence-electron chi connectivity index (χ1n) is 7.15. The summed E-state index contributed by atoms with van der Waals surface area (Å²) in [5.74, 6) is 1.04. The summed E-state index contributed by atoms with van der Waals surface area (Å²) in [7, 11) is 0. The first-order chi connectivity index (χ1) is 11.5. The average molecular weight is 368 g/mol. The van der Waals surface area contributed by atoms with Crippen molar-refractivity contribution < 1.29 is 14.4 Å². The summed E-state index contributed by atoms with van der Waals surface area (Å²) in [4.78, 5) is 9.89. The monoisotopic (exact) mass is 367 g/mol. The maximum atomic E-state index is 10.4. The second kappa shape index (κ2) is 8.57. The Hall–Kier alpha value is -2.24. The van der Waals surface area contributed by atoms with E-state index in [1.54, 1.807) is 36.4 Å². The minimum absolute atomic E-state index is 0.250. The lowest BCUT2D eigenvalue weighted by atomic mass is 10.2. The summed E-state index contributed by atoms with van der Waals surface area (Å²) < 4.78 is 11.3. The number of rotatable bonds is 7. The number of nitrogens with zero attached hydrogens (tertiary/aromatic N) is 1. The lowest BCUT2D eigenvalue weighted by molar-refractivity contribution is -0.400. The molecule has 126 valence electrons. The number of halogens is 2. The van der Waals surface area contributed by atoms with Crippen LogP contribution in [-0.2, 0) is 6.61 Å². The van der Waals surface area contributed by atoms with Crippen LogP contribution in [0.25, 0.3) is 6.08 Å². The van der Waals surface area contributed by atoms with Crippen LogP contribution in [0.1, 0.15) is 18.1 Å². The Labute approximate surface area is 149 Å². The maximum Gasteiger partial charge on any atom is 0.235 e. The lowest BCUT2D eigenvalue weighted by Gasteiger charge is -2.13. The van der Waals surface area contributed by atoms with Crippen LogP contribution in [0, 0.1) is 10.1 Å². The van der Waals surface area contributed by atoms with Gasteiger partial charge in [-0.3, -0.25) is 10.1 Å². The molecule has 2 rings (SSSR count). The molecule has 0 aromatic heterocycles. The van der Waals surface area contributed by atoms with E-state index in [2.05, 4.69) is 0 Å². The first-order valence-corrected chi connectivity index (χ1v) is 7.90. The number of ether oxygens (including phenoxy) is 2. The molecule has 0 saturated carbocycles. The summed E-state index contributed by atoms with van der Waals surface area (Å²) in [6.45, 7) is 2.54. The van der Waals surface area contributed by atoms with Crippen molar-refractivity contribution in [2.45, 2.75) is 13.5 Å². The molecule has 0 amide bonds. The Morgan fingerprint density at radius 3 is 2.58 bits per heavy atom. The predicted molar refractivity (Wildman–Crippen MR) is 94.4 cm³/mol. The third-order valence-electron chi connectivity index (χ3n) is 3.05. The van der Waals surface area contributed by atoms with Crippen LogP contribution in [-0.4, -0.2) is 11.5 Å². The summed E-state index contributed by atoms with van der Waals surface area (Å²) in [6.07, 6.45) is 2.27. The molecule has 0 radical (unpaired) electrons. The van der Waals surface area contributed by atoms with E-state index < -0.39 is 4.92 Å². The molecule has 5 nitrogen and oxygen atoms in total. The van der Waals surface area contributed by atoms with Crippen LogP contribution in [0.2, 0.25) is 10.0 Å². The van der Waals surface area contributed by atoms with Gasteiger partial charge in [-0.05, 0) is 36.8 Å².